The van der Waals surface area contributed by atoms with Crippen LogP contribution in [-0.4, -0.2) is 79.7 Å². The van der Waals surface area contributed by atoms with E-state index in [1.54, 1.807) is 32.9 Å². The van der Waals surface area contributed by atoms with Gasteiger partial charge in [-0.25, -0.2) is 4.79 Å². The lowest BCUT2D eigenvalue weighted by molar-refractivity contribution is -0.134. The molecule has 0 saturated carbocycles. The molecule has 0 bridgehead atoms. The molecule has 2 aromatic rings. The molecule has 9 nitrogen and oxygen atoms in total. The zero-order valence-electron chi connectivity index (χ0n) is 20.5. The van der Waals surface area contributed by atoms with Crippen molar-refractivity contribution in [1.82, 2.24) is 15.1 Å². The number of fused-ring (bicyclic) bond motifs is 1. The van der Waals surface area contributed by atoms with Crippen molar-refractivity contribution in [3.8, 4) is 5.75 Å². The Morgan fingerprint density at radius 3 is 2.61 bits per heavy atom. The Hall–Kier alpha value is -3.30. The average molecular weight is 515 g/mol. The fourth-order valence-electron chi connectivity index (χ4n) is 4.42. The maximum absolute atomic E-state index is 13.6. The van der Waals surface area contributed by atoms with Gasteiger partial charge in [-0.2, -0.15) is 0 Å². The van der Waals surface area contributed by atoms with E-state index in [9.17, 15) is 14.4 Å². The molecule has 2 heterocycles. The summed E-state index contributed by atoms with van der Waals surface area (Å²) in [5, 5.41) is 3.06. The van der Waals surface area contributed by atoms with E-state index in [-0.39, 0.29) is 37.0 Å². The fourth-order valence-corrected chi connectivity index (χ4v) is 4.67. The molecular formula is C26H31ClN4O5. The van der Waals surface area contributed by atoms with Crippen LogP contribution < -0.4 is 15.0 Å². The van der Waals surface area contributed by atoms with E-state index in [1.165, 1.54) is 0 Å². The van der Waals surface area contributed by atoms with Crippen molar-refractivity contribution in [3.63, 3.8) is 0 Å². The van der Waals surface area contributed by atoms with Gasteiger partial charge in [-0.1, -0.05) is 29.8 Å². The molecule has 0 aromatic heterocycles. The number of carbonyl (C=O) groups is 3. The number of amides is 4. The summed E-state index contributed by atoms with van der Waals surface area (Å²) in [5.41, 5.74) is 1.90. The van der Waals surface area contributed by atoms with E-state index >= 15 is 0 Å². The second kappa shape index (κ2) is 11.6. The van der Waals surface area contributed by atoms with Crippen molar-refractivity contribution in [2.45, 2.75) is 26.4 Å². The predicted molar refractivity (Wildman–Crippen MR) is 137 cm³/mol. The number of morpholine rings is 1. The molecule has 1 saturated heterocycles. The van der Waals surface area contributed by atoms with E-state index in [2.05, 4.69) is 5.32 Å². The number of hydrogen-bond acceptors (Lipinski definition) is 5. The molecule has 4 rings (SSSR count). The third kappa shape index (κ3) is 5.74. The number of nitrogens with zero attached hydrogens (tertiary/aromatic N) is 3. The van der Waals surface area contributed by atoms with Gasteiger partial charge in [0.2, 0.25) is 5.91 Å². The number of halogens is 1. The van der Waals surface area contributed by atoms with Crippen LogP contribution in [-0.2, 0) is 16.1 Å². The van der Waals surface area contributed by atoms with E-state index < -0.39 is 0 Å². The van der Waals surface area contributed by atoms with Gasteiger partial charge in [0.1, 0.15) is 5.75 Å². The summed E-state index contributed by atoms with van der Waals surface area (Å²) in [4.78, 5) is 44.3. The number of carbonyl (C=O) groups excluding carboxylic acids is 3. The lowest BCUT2D eigenvalue weighted by Crippen LogP contribution is -2.51. The van der Waals surface area contributed by atoms with Gasteiger partial charge in [0.15, 0.2) is 0 Å². The molecule has 1 N–H and O–H groups in total. The van der Waals surface area contributed by atoms with Crippen LogP contribution in [0.15, 0.2) is 42.5 Å². The third-order valence-electron chi connectivity index (χ3n) is 6.34. The lowest BCUT2D eigenvalue weighted by Gasteiger charge is -2.30. The SMILES string of the molecule is CCOc1ccc(C(=O)N2C[C@@H](C)N(C(=O)NCC(=O)N3CCOCC3)Cc3ccccc32)c(Cl)c1. The quantitative estimate of drug-likeness (QED) is 0.662. The topological polar surface area (TPSA) is 91.4 Å². The van der Waals surface area contributed by atoms with Crippen LogP contribution in [0.1, 0.15) is 29.8 Å². The fraction of sp³-hybridized carbons (Fsp3) is 0.423. The minimum Gasteiger partial charge on any atom is -0.494 e. The molecular weight excluding hydrogens is 484 g/mol. The van der Waals surface area contributed by atoms with Crippen LogP contribution >= 0.6 is 11.6 Å². The Labute approximate surface area is 215 Å². The van der Waals surface area contributed by atoms with Gasteiger partial charge in [-0.05, 0) is 43.7 Å². The minimum absolute atomic E-state index is 0.0892. The zero-order valence-corrected chi connectivity index (χ0v) is 21.3. The van der Waals surface area contributed by atoms with E-state index in [0.29, 0.717) is 55.8 Å². The highest BCUT2D eigenvalue weighted by molar-refractivity contribution is 6.34. The number of urea groups is 1. The summed E-state index contributed by atoms with van der Waals surface area (Å²) in [6.45, 7) is 6.79. The van der Waals surface area contributed by atoms with E-state index in [0.717, 1.165) is 11.3 Å². The van der Waals surface area contributed by atoms with Gasteiger partial charge in [0.25, 0.3) is 5.91 Å². The van der Waals surface area contributed by atoms with Gasteiger partial charge in [0, 0.05) is 37.9 Å². The first-order chi connectivity index (χ1) is 17.4. The Kier molecular flexibility index (Phi) is 8.32. The maximum Gasteiger partial charge on any atom is 0.318 e. The molecule has 0 aliphatic carbocycles. The second-order valence-electron chi connectivity index (χ2n) is 8.75. The van der Waals surface area contributed by atoms with Crippen molar-refractivity contribution in [1.29, 1.82) is 0 Å². The average Bonchev–Trinajstić information content (AvgIpc) is 3.04. The van der Waals surface area contributed by atoms with Crippen LogP contribution in [0.3, 0.4) is 0 Å². The Morgan fingerprint density at radius 1 is 1.14 bits per heavy atom. The van der Waals surface area contributed by atoms with E-state index in [1.807, 2.05) is 38.1 Å². The molecule has 0 unspecified atom stereocenters. The molecule has 10 heteroatoms. The monoisotopic (exact) mass is 514 g/mol. The maximum atomic E-state index is 13.6. The second-order valence-corrected chi connectivity index (χ2v) is 9.16. The highest BCUT2D eigenvalue weighted by atomic mass is 35.5. The lowest BCUT2D eigenvalue weighted by atomic mass is 10.1. The molecule has 0 spiro atoms. The van der Waals surface area contributed by atoms with Crippen molar-refractivity contribution < 1.29 is 23.9 Å². The van der Waals surface area contributed by atoms with Gasteiger partial charge in [-0.15, -0.1) is 0 Å². The molecule has 192 valence electrons. The first-order valence-corrected chi connectivity index (χ1v) is 12.5. The smallest absolute Gasteiger partial charge is 0.318 e. The Balaban J connectivity index is 1.51. The number of nitrogens with one attached hydrogen (secondary N) is 1. The molecule has 2 aliphatic rings. The highest BCUT2D eigenvalue weighted by Gasteiger charge is 2.32. The minimum atomic E-state index is -0.354. The van der Waals surface area contributed by atoms with Crippen LogP contribution in [0, 0.1) is 0 Å². The van der Waals surface area contributed by atoms with Gasteiger partial charge in [0.05, 0.1) is 37.0 Å². The normalized spacial score (nSPS) is 17.8. The zero-order chi connectivity index (χ0) is 25.7. The largest absolute Gasteiger partial charge is 0.494 e. The summed E-state index contributed by atoms with van der Waals surface area (Å²) in [6.07, 6.45) is 0. The predicted octanol–water partition coefficient (Wildman–Crippen LogP) is 3.16. The molecule has 4 amide bonds. The molecule has 2 aromatic carbocycles. The first kappa shape index (κ1) is 25.8. The molecule has 36 heavy (non-hydrogen) atoms. The van der Waals surface area contributed by atoms with Crippen LogP contribution in [0.4, 0.5) is 10.5 Å². The number of ether oxygens (including phenoxy) is 2. The van der Waals surface area contributed by atoms with Crippen molar-refractivity contribution in [2.24, 2.45) is 0 Å². The van der Waals surface area contributed by atoms with Gasteiger partial charge >= 0.3 is 6.03 Å². The number of rotatable bonds is 5. The van der Waals surface area contributed by atoms with Crippen molar-refractivity contribution in [2.75, 3.05) is 50.9 Å². The van der Waals surface area contributed by atoms with Crippen molar-refractivity contribution in [3.05, 3.63) is 58.6 Å². The molecule has 1 atom stereocenters. The van der Waals surface area contributed by atoms with Gasteiger partial charge in [-0.3, -0.25) is 9.59 Å². The Morgan fingerprint density at radius 2 is 1.89 bits per heavy atom. The third-order valence-corrected chi connectivity index (χ3v) is 6.66. The first-order valence-electron chi connectivity index (χ1n) is 12.1. The van der Waals surface area contributed by atoms with Gasteiger partial charge < -0.3 is 29.5 Å². The highest BCUT2D eigenvalue weighted by Crippen LogP contribution is 2.31. The summed E-state index contributed by atoms with van der Waals surface area (Å²) < 4.78 is 10.8. The van der Waals surface area contributed by atoms with Crippen LogP contribution in [0.25, 0.3) is 0 Å². The van der Waals surface area contributed by atoms with Crippen LogP contribution in [0.5, 0.6) is 5.75 Å². The number of para-hydroxylation sites is 1. The number of anilines is 1. The molecule has 2 aliphatic heterocycles. The van der Waals surface area contributed by atoms with E-state index in [4.69, 9.17) is 21.1 Å². The molecule has 1 fully saturated rings. The Bertz CT molecular complexity index is 1120. The molecule has 0 radical (unpaired) electrons. The number of benzene rings is 2. The summed E-state index contributed by atoms with van der Waals surface area (Å²) in [6, 6.07) is 11.8. The standard InChI is InChI=1S/C26H31ClN4O5/c1-3-36-20-8-9-21(22(27)14-20)25(33)31-16-18(2)30(17-19-6-4-5-7-23(19)31)26(34)28-15-24(32)29-10-12-35-13-11-29/h4-9,14,18H,3,10-13,15-17H2,1-2H3,(H,28,34)/t18-/m1/s1. The summed E-state index contributed by atoms with van der Waals surface area (Å²) in [5.74, 6) is 0.196. The summed E-state index contributed by atoms with van der Waals surface area (Å²) in [7, 11) is 0. The van der Waals surface area contributed by atoms with Crippen LogP contribution in [0.2, 0.25) is 5.02 Å². The number of hydrogen-bond donors (Lipinski definition) is 1. The van der Waals surface area contributed by atoms with Crippen molar-refractivity contribution >= 4 is 35.1 Å². The summed E-state index contributed by atoms with van der Waals surface area (Å²) >= 11 is 6.45.